The van der Waals surface area contributed by atoms with Gasteiger partial charge in [-0.2, -0.15) is 10.4 Å². The molecule has 1 aliphatic carbocycles. The molecule has 2 fully saturated rings. The molecule has 0 aromatic carbocycles. The lowest BCUT2D eigenvalue weighted by molar-refractivity contribution is 0.0844. The second-order valence-electron chi connectivity index (χ2n) is 8.19. The molecule has 1 atom stereocenters. The topological polar surface area (TPSA) is 92.8 Å². The molecule has 2 aliphatic heterocycles. The maximum absolute atomic E-state index is 12.5. The lowest BCUT2D eigenvalue weighted by Gasteiger charge is -2.22. The maximum Gasteiger partial charge on any atom is 0.255 e. The molecule has 1 saturated carbocycles. The van der Waals surface area contributed by atoms with Gasteiger partial charge in [0.05, 0.1) is 46.4 Å². The Kier molecular flexibility index (Phi) is 3.98. The van der Waals surface area contributed by atoms with E-state index in [0.29, 0.717) is 29.6 Å². The van der Waals surface area contributed by atoms with E-state index in [-0.39, 0.29) is 5.91 Å². The normalized spacial score (nSPS) is 21.6. The monoisotopic (exact) mass is 377 g/mol. The summed E-state index contributed by atoms with van der Waals surface area (Å²) < 4.78 is 7.24. The second-order valence-corrected chi connectivity index (χ2v) is 8.19. The molecule has 7 heteroatoms. The summed E-state index contributed by atoms with van der Waals surface area (Å²) in [4.78, 5) is 17.2. The van der Waals surface area contributed by atoms with Gasteiger partial charge in [0.25, 0.3) is 5.91 Å². The van der Waals surface area contributed by atoms with E-state index in [9.17, 15) is 10.1 Å². The number of fused-ring (bicyclic) bond motifs is 1. The highest BCUT2D eigenvalue weighted by Crippen LogP contribution is 2.47. The van der Waals surface area contributed by atoms with Gasteiger partial charge in [-0.15, -0.1) is 0 Å². The van der Waals surface area contributed by atoms with Crippen molar-refractivity contribution in [2.24, 2.45) is 5.92 Å². The highest BCUT2D eigenvalue weighted by Gasteiger charge is 2.45. The van der Waals surface area contributed by atoms with Crippen molar-refractivity contribution in [3.05, 3.63) is 41.0 Å². The maximum atomic E-state index is 12.5. The number of hydrogen-bond donors (Lipinski definition) is 1. The zero-order valence-corrected chi connectivity index (χ0v) is 15.9. The van der Waals surface area contributed by atoms with Crippen molar-refractivity contribution in [1.29, 1.82) is 5.26 Å². The van der Waals surface area contributed by atoms with Crippen molar-refractivity contribution in [2.75, 3.05) is 13.2 Å². The van der Waals surface area contributed by atoms with Crippen LogP contribution in [0.4, 0.5) is 0 Å². The van der Waals surface area contributed by atoms with E-state index in [1.165, 1.54) is 0 Å². The molecule has 0 bridgehead atoms. The fourth-order valence-electron chi connectivity index (χ4n) is 4.36. The van der Waals surface area contributed by atoms with Crippen molar-refractivity contribution in [3.63, 3.8) is 0 Å². The van der Waals surface area contributed by atoms with E-state index in [2.05, 4.69) is 11.4 Å². The molecule has 28 heavy (non-hydrogen) atoms. The van der Waals surface area contributed by atoms with Crippen LogP contribution in [0.25, 0.3) is 5.69 Å². The Morgan fingerprint density at radius 3 is 2.82 bits per heavy atom. The van der Waals surface area contributed by atoms with Crippen LogP contribution in [0, 0.1) is 17.2 Å². The third-order valence-electron chi connectivity index (χ3n) is 6.37. The van der Waals surface area contributed by atoms with Crippen molar-refractivity contribution in [1.82, 2.24) is 20.1 Å². The summed E-state index contributed by atoms with van der Waals surface area (Å²) in [5, 5.41) is 17.5. The average molecular weight is 377 g/mol. The molecule has 2 aromatic heterocycles. The van der Waals surface area contributed by atoms with Gasteiger partial charge in [0.1, 0.15) is 0 Å². The predicted molar refractivity (Wildman–Crippen MR) is 101 cm³/mol. The van der Waals surface area contributed by atoms with E-state index >= 15 is 0 Å². The summed E-state index contributed by atoms with van der Waals surface area (Å²) >= 11 is 0. The number of hydrogen-bond acceptors (Lipinski definition) is 5. The van der Waals surface area contributed by atoms with Gasteiger partial charge in [0.2, 0.25) is 0 Å². The number of nitrogens with one attached hydrogen (secondary N) is 1. The first-order chi connectivity index (χ1) is 13.6. The van der Waals surface area contributed by atoms with Crippen LogP contribution in [0.1, 0.15) is 66.0 Å². The molecular weight excluding hydrogens is 354 g/mol. The molecule has 5 rings (SSSR count). The summed E-state index contributed by atoms with van der Waals surface area (Å²) in [5.74, 6) is 0.586. The van der Waals surface area contributed by atoms with Gasteiger partial charge in [-0.1, -0.05) is 0 Å². The molecule has 4 heterocycles. The first kappa shape index (κ1) is 17.4. The second kappa shape index (κ2) is 6.42. The summed E-state index contributed by atoms with van der Waals surface area (Å²) in [6, 6.07) is 6.41. The lowest BCUT2D eigenvalue weighted by atomic mass is 9.82. The zero-order chi connectivity index (χ0) is 19.3. The van der Waals surface area contributed by atoms with E-state index in [1.807, 2.05) is 25.3 Å². The number of ether oxygens (including phenoxy) is 1. The van der Waals surface area contributed by atoms with Gasteiger partial charge in [-0.25, -0.2) is 4.68 Å². The van der Waals surface area contributed by atoms with Gasteiger partial charge < -0.3 is 10.1 Å². The summed E-state index contributed by atoms with van der Waals surface area (Å²) in [6.45, 7) is 3.88. The van der Waals surface area contributed by atoms with E-state index in [0.717, 1.165) is 56.0 Å². The van der Waals surface area contributed by atoms with Gasteiger partial charge in [0, 0.05) is 25.3 Å². The Balaban J connectivity index is 1.60. The van der Waals surface area contributed by atoms with Crippen LogP contribution in [-0.2, 0) is 16.7 Å². The number of pyridine rings is 1. The first-order valence-electron chi connectivity index (χ1n) is 9.97. The van der Waals surface area contributed by atoms with Crippen molar-refractivity contribution in [2.45, 2.75) is 50.5 Å². The molecule has 1 N–H and O–H groups in total. The lowest BCUT2D eigenvalue weighted by Crippen LogP contribution is -2.25. The van der Waals surface area contributed by atoms with Crippen molar-refractivity contribution in [3.8, 4) is 11.8 Å². The van der Waals surface area contributed by atoms with Crippen LogP contribution in [0.2, 0.25) is 0 Å². The average Bonchev–Trinajstić information content (AvgIpc) is 3.36. The Morgan fingerprint density at radius 2 is 2.11 bits per heavy atom. The molecule has 2 aromatic rings. The molecule has 1 unspecified atom stereocenters. The number of amides is 1. The summed E-state index contributed by atoms with van der Waals surface area (Å²) in [5.41, 5.74) is 3.14. The van der Waals surface area contributed by atoms with Gasteiger partial charge in [0.15, 0.2) is 0 Å². The Morgan fingerprint density at radius 1 is 1.32 bits per heavy atom. The molecule has 0 radical (unpaired) electrons. The minimum atomic E-state index is -0.633. The van der Waals surface area contributed by atoms with Crippen molar-refractivity contribution < 1.29 is 9.53 Å². The Hall–Kier alpha value is -2.72. The summed E-state index contributed by atoms with van der Waals surface area (Å²) in [6.07, 6.45) is 5.93. The molecule has 0 spiro atoms. The van der Waals surface area contributed by atoms with Crippen LogP contribution in [0.3, 0.4) is 0 Å². The first-order valence-corrected chi connectivity index (χ1v) is 9.97. The number of nitrogens with zero attached hydrogens (tertiary/aromatic N) is 4. The van der Waals surface area contributed by atoms with Crippen molar-refractivity contribution >= 4 is 5.91 Å². The molecule has 3 aliphatic rings. The number of nitriles is 1. The highest BCUT2D eigenvalue weighted by molar-refractivity contribution is 6.01. The van der Waals surface area contributed by atoms with Crippen LogP contribution >= 0.6 is 0 Å². The predicted octanol–water partition coefficient (Wildman–Crippen LogP) is 2.60. The van der Waals surface area contributed by atoms with Gasteiger partial charge in [-0.05, 0) is 50.7 Å². The number of carbonyl (C=O) groups excluding carboxylic acids is 1. The highest BCUT2D eigenvalue weighted by atomic mass is 16.5. The van der Waals surface area contributed by atoms with Gasteiger partial charge >= 0.3 is 0 Å². The fraction of sp³-hybridized carbons (Fsp3) is 0.524. The Bertz CT molecular complexity index is 981. The smallest absolute Gasteiger partial charge is 0.255 e. The van der Waals surface area contributed by atoms with E-state index in [4.69, 9.17) is 14.8 Å². The fourth-order valence-corrected chi connectivity index (χ4v) is 4.36. The standard InChI is InChI=1S/C21H23N5O2/c1-21(12-22,14-2-3-14)18-10-17(19-16(24-18)11-23-20(19)27)26-7-4-15(25-26)13-5-8-28-9-6-13/h4,7,10,13-14H,2-3,5-6,8-9,11H2,1H3,(H,23,27). The Labute approximate surface area is 163 Å². The third-order valence-corrected chi connectivity index (χ3v) is 6.37. The van der Waals surface area contributed by atoms with E-state index < -0.39 is 5.41 Å². The van der Waals surface area contributed by atoms with Crippen LogP contribution in [0.15, 0.2) is 18.3 Å². The molecular formula is C21H23N5O2. The van der Waals surface area contributed by atoms with Crippen LogP contribution in [-0.4, -0.2) is 33.9 Å². The quantitative estimate of drug-likeness (QED) is 0.884. The van der Waals surface area contributed by atoms with E-state index in [1.54, 1.807) is 4.68 Å². The minimum Gasteiger partial charge on any atom is -0.381 e. The number of aromatic nitrogens is 3. The molecule has 144 valence electrons. The molecule has 1 amide bonds. The molecule has 1 saturated heterocycles. The van der Waals surface area contributed by atoms with Gasteiger partial charge in [-0.3, -0.25) is 9.78 Å². The number of carbonyl (C=O) groups is 1. The summed E-state index contributed by atoms with van der Waals surface area (Å²) in [7, 11) is 0. The number of rotatable bonds is 4. The molecule has 7 nitrogen and oxygen atoms in total. The SMILES string of the molecule is CC(C#N)(c1cc(-n2ccc(C3CCOCC3)n2)c2c(n1)CNC2=O)C1CC1. The third kappa shape index (κ3) is 2.71. The van der Waals surface area contributed by atoms with Crippen LogP contribution in [0.5, 0.6) is 0 Å². The largest absolute Gasteiger partial charge is 0.381 e. The zero-order valence-electron chi connectivity index (χ0n) is 15.9. The van der Waals surface area contributed by atoms with Crippen LogP contribution < -0.4 is 5.32 Å². The minimum absolute atomic E-state index is 0.128.